The van der Waals surface area contributed by atoms with E-state index >= 15 is 0 Å². The van der Waals surface area contributed by atoms with Gasteiger partial charge in [-0.1, -0.05) is 46.4 Å². The standard InChI is InChI=1S/C23H24Cl4N4O4S/c1-35-21-5-3-17(13-20(21)30-8-10-31(11-9-30)22(32)23(25,26)27)36(33,34)29-7-6-15-14-28-19-4-2-16(24)12-18(15)19/h2-5,12-14,28-29H,6-11H2,1H3. The molecule has 0 saturated carbocycles. The van der Waals surface area contributed by atoms with Gasteiger partial charge in [0.05, 0.1) is 17.7 Å². The molecule has 8 nitrogen and oxygen atoms in total. The summed E-state index contributed by atoms with van der Waals surface area (Å²) in [4.78, 5) is 18.9. The van der Waals surface area contributed by atoms with Crippen LogP contribution >= 0.6 is 46.4 Å². The van der Waals surface area contributed by atoms with Crippen LogP contribution in [0.3, 0.4) is 0 Å². The molecule has 13 heteroatoms. The van der Waals surface area contributed by atoms with Gasteiger partial charge in [0.25, 0.3) is 9.70 Å². The number of fused-ring (bicyclic) bond motifs is 1. The zero-order chi connectivity index (χ0) is 26.1. The third-order valence-electron chi connectivity index (χ3n) is 6.03. The zero-order valence-electron chi connectivity index (χ0n) is 19.2. The van der Waals surface area contributed by atoms with Crippen molar-refractivity contribution < 1.29 is 17.9 Å². The average molecular weight is 594 g/mol. The van der Waals surface area contributed by atoms with Crippen LogP contribution in [0.5, 0.6) is 5.75 Å². The highest BCUT2D eigenvalue weighted by Gasteiger charge is 2.36. The lowest BCUT2D eigenvalue weighted by atomic mass is 10.1. The zero-order valence-corrected chi connectivity index (χ0v) is 23.1. The van der Waals surface area contributed by atoms with Gasteiger partial charge in [-0.3, -0.25) is 4.79 Å². The van der Waals surface area contributed by atoms with E-state index in [1.807, 2.05) is 23.2 Å². The molecule has 36 heavy (non-hydrogen) atoms. The predicted molar refractivity (Wildman–Crippen MR) is 144 cm³/mol. The topological polar surface area (TPSA) is 94.7 Å². The van der Waals surface area contributed by atoms with Crippen LogP contribution in [0.15, 0.2) is 47.5 Å². The minimum Gasteiger partial charge on any atom is -0.495 e. The number of ether oxygens (including phenoxy) is 1. The van der Waals surface area contributed by atoms with Crippen molar-refractivity contribution in [1.82, 2.24) is 14.6 Å². The number of nitrogens with zero attached hydrogens (tertiary/aromatic N) is 2. The second-order valence-electron chi connectivity index (χ2n) is 8.26. The Kier molecular flexibility index (Phi) is 8.19. The Balaban J connectivity index is 1.45. The molecular weight excluding hydrogens is 570 g/mol. The molecule has 2 aromatic carbocycles. The number of piperazine rings is 1. The van der Waals surface area contributed by atoms with E-state index in [0.29, 0.717) is 49.1 Å². The number of aromatic nitrogens is 1. The first kappa shape index (κ1) is 27.2. The Morgan fingerprint density at radius 3 is 2.50 bits per heavy atom. The van der Waals surface area contributed by atoms with E-state index in [1.165, 1.54) is 18.1 Å². The van der Waals surface area contributed by atoms with Crippen molar-refractivity contribution >= 4 is 78.9 Å². The van der Waals surface area contributed by atoms with Gasteiger partial charge in [-0.25, -0.2) is 13.1 Å². The van der Waals surface area contributed by atoms with Gasteiger partial charge in [0.15, 0.2) is 0 Å². The summed E-state index contributed by atoms with van der Waals surface area (Å²) in [5.74, 6) is -0.0668. The van der Waals surface area contributed by atoms with Gasteiger partial charge in [0.2, 0.25) is 10.0 Å². The van der Waals surface area contributed by atoms with Crippen LogP contribution in [0.1, 0.15) is 5.56 Å². The lowest BCUT2D eigenvalue weighted by Crippen LogP contribution is -2.51. The Labute approximate surface area is 229 Å². The third kappa shape index (κ3) is 5.98. The van der Waals surface area contributed by atoms with Crippen LogP contribution in [-0.4, -0.2) is 67.8 Å². The molecule has 1 fully saturated rings. The van der Waals surface area contributed by atoms with Crippen LogP contribution in [0.4, 0.5) is 5.69 Å². The number of methoxy groups -OCH3 is 1. The van der Waals surface area contributed by atoms with Crippen molar-refractivity contribution in [3.8, 4) is 5.75 Å². The van der Waals surface area contributed by atoms with Gasteiger partial charge in [0, 0.05) is 54.8 Å². The Morgan fingerprint density at radius 2 is 1.83 bits per heavy atom. The minimum atomic E-state index is -3.79. The molecule has 0 atom stereocenters. The molecule has 2 N–H and O–H groups in total. The number of amides is 1. The molecule has 0 spiro atoms. The van der Waals surface area contributed by atoms with E-state index in [9.17, 15) is 13.2 Å². The van der Waals surface area contributed by atoms with E-state index in [1.54, 1.807) is 18.2 Å². The number of benzene rings is 2. The first-order valence-electron chi connectivity index (χ1n) is 11.0. The normalized spacial score (nSPS) is 14.9. The fourth-order valence-corrected chi connectivity index (χ4v) is 5.76. The molecule has 1 aliphatic heterocycles. The molecule has 0 bridgehead atoms. The summed E-state index contributed by atoms with van der Waals surface area (Å²) in [6.07, 6.45) is 2.34. The summed E-state index contributed by atoms with van der Waals surface area (Å²) in [6, 6.07) is 10.2. The number of carbonyl (C=O) groups is 1. The first-order chi connectivity index (χ1) is 17.0. The number of anilines is 1. The lowest BCUT2D eigenvalue weighted by Gasteiger charge is -2.37. The summed E-state index contributed by atoms with van der Waals surface area (Å²) in [7, 11) is -2.27. The van der Waals surface area contributed by atoms with Crippen LogP contribution in [0.2, 0.25) is 5.02 Å². The fraction of sp³-hybridized carbons (Fsp3) is 0.348. The number of sulfonamides is 1. The highest BCUT2D eigenvalue weighted by atomic mass is 35.6. The van der Waals surface area contributed by atoms with Crippen LogP contribution < -0.4 is 14.4 Å². The van der Waals surface area contributed by atoms with Gasteiger partial charge >= 0.3 is 0 Å². The van der Waals surface area contributed by atoms with Crippen LogP contribution in [0, 0.1) is 0 Å². The Bertz CT molecular complexity index is 1370. The van der Waals surface area contributed by atoms with E-state index < -0.39 is 19.7 Å². The molecule has 0 radical (unpaired) electrons. The number of hydrogen-bond donors (Lipinski definition) is 2. The quantitative estimate of drug-likeness (QED) is 0.397. The van der Waals surface area contributed by atoms with Crippen molar-refractivity contribution in [2.24, 2.45) is 0 Å². The number of carbonyl (C=O) groups excluding carboxylic acids is 1. The number of hydrogen-bond acceptors (Lipinski definition) is 5. The molecule has 194 valence electrons. The largest absolute Gasteiger partial charge is 0.495 e. The molecule has 4 rings (SSSR count). The van der Waals surface area contributed by atoms with Gasteiger partial charge in [0.1, 0.15) is 5.75 Å². The van der Waals surface area contributed by atoms with Crippen molar-refractivity contribution in [2.75, 3.05) is 44.7 Å². The third-order valence-corrected chi connectivity index (χ3v) is 8.21. The van der Waals surface area contributed by atoms with Crippen molar-refractivity contribution in [1.29, 1.82) is 0 Å². The van der Waals surface area contributed by atoms with E-state index in [2.05, 4.69) is 9.71 Å². The number of H-pyrrole nitrogens is 1. The molecule has 2 heterocycles. The number of rotatable bonds is 7. The number of nitrogens with one attached hydrogen (secondary N) is 2. The summed E-state index contributed by atoms with van der Waals surface area (Å²) in [5.41, 5.74) is 2.51. The maximum absolute atomic E-state index is 13.1. The summed E-state index contributed by atoms with van der Waals surface area (Å²) < 4.78 is 32.3. The van der Waals surface area contributed by atoms with Gasteiger partial charge in [-0.15, -0.1) is 0 Å². The lowest BCUT2D eigenvalue weighted by molar-refractivity contribution is -0.130. The van der Waals surface area contributed by atoms with Crippen molar-refractivity contribution in [3.05, 3.63) is 53.2 Å². The number of aromatic amines is 1. The number of halogens is 4. The monoisotopic (exact) mass is 592 g/mol. The molecule has 1 amide bonds. The second-order valence-corrected chi connectivity index (χ2v) is 12.7. The maximum Gasteiger partial charge on any atom is 0.274 e. The molecule has 1 aromatic heterocycles. The van der Waals surface area contributed by atoms with Crippen LogP contribution in [0.25, 0.3) is 10.9 Å². The molecule has 1 saturated heterocycles. The molecule has 0 unspecified atom stereocenters. The maximum atomic E-state index is 13.1. The highest BCUT2D eigenvalue weighted by molar-refractivity contribution is 7.89. The number of alkyl halides is 3. The second kappa shape index (κ2) is 10.8. The van der Waals surface area contributed by atoms with Gasteiger partial charge in [-0.05, 0) is 48.4 Å². The summed E-state index contributed by atoms with van der Waals surface area (Å²) in [6.45, 7) is 1.69. The Hall–Kier alpha value is -1.88. The van der Waals surface area contributed by atoms with Gasteiger partial charge < -0.3 is 19.5 Å². The fourth-order valence-electron chi connectivity index (χ4n) is 4.17. The van der Waals surface area contributed by atoms with Crippen LogP contribution in [-0.2, 0) is 21.2 Å². The summed E-state index contributed by atoms with van der Waals surface area (Å²) in [5, 5.41) is 1.58. The van der Waals surface area contributed by atoms with Gasteiger partial charge in [-0.2, -0.15) is 0 Å². The molecule has 1 aliphatic rings. The SMILES string of the molecule is COc1ccc(S(=O)(=O)NCCc2c[nH]c3ccc(Cl)cc23)cc1N1CCN(C(=O)C(Cl)(Cl)Cl)CC1. The van der Waals surface area contributed by atoms with Crippen molar-refractivity contribution in [2.45, 2.75) is 15.1 Å². The summed E-state index contributed by atoms with van der Waals surface area (Å²) >= 11 is 23.3. The first-order valence-corrected chi connectivity index (χ1v) is 14.0. The van der Waals surface area contributed by atoms with Crippen molar-refractivity contribution in [3.63, 3.8) is 0 Å². The predicted octanol–water partition coefficient (Wildman–Crippen LogP) is 4.37. The minimum absolute atomic E-state index is 0.111. The molecular formula is C23H24Cl4N4O4S. The molecule has 3 aromatic rings. The van der Waals surface area contributed by atoms with E-state index in [4.69, 9.17) is 51.1 Å². The Morgan fingerprint density at radius 1 is 1.11 bits per heavy atom. The smallest absolute Gasteiger partial charge is 0.274 e. The van der Waals surface area contributed by atoms with E-state index in [-0.39, 0.29) is 11.4 Å². The van der Waals surface area contributed by atoms with E-state index in [0.717, 1.165) is 16.5 Å². The highest BCUT2D eigenvalue weighted by Crippen LogP contribution is 2.33. The average Bonchev–Trinajstić information content (AvgIpc) is 3.24. The molecule has 0 aliphatic carbocycles.